The summed E-state index contributed by atoms with van der Waals surface area (Å²) in [6.45, 7) is 3.82. The summed E-state index contributed by atoms with van der Waals surface area (Å²) in [6.07, 6.45) is 3.95. The first kappa shape index (κ1) is 26.7. The standard InChI is InChI=1S/C28H33N3O5/c1-3-5-6-10-13-24(28(34)35)36-22-16-14-21(15-17-22)29-26(32)19-31-25(4-2)30-23(18-27(31)33)20-11-8-7-9-12-20/h7-9,11-12,14-18,24H,3-6,10,13,19H2,1-2H3,(H,29,32)(H,34,35). The summed E-state index contributed by atoms with van der Waals surface area (Å²) in [5, 5.41) is 12.2. The highest BCUT2D eigenvalue weighted by atomic mass is 16.5. The summed E-state index contributed by atoms with van der Waals surface area (Å²) < 4.78 is 7.01. The van der Waals surface area contributed by atoms with Gasteiger partial charge in [0.25, 0.3) is 5.56 Å². The molecule has 0 saturated carbocycles. The molecular formula is C28H33N3O5. The zero-order chi connectivity index (χ0) is 25.9. The molecule has 2 aromatic carbocycles. The number of carbonyl (C=O) groups excluding carboxylic acids is 1. The van der Waals surface area contributed by atoms with E-state index in [-0.39, 0.29) is 18.0 Å². The van der Waals surface area contributed by atoms with Crippen molar-refractivity contribution < 1.29 is 19.4 Å². The second kappa shape index (κ2) is 13.2. The third-order valence-corrected chi connectivity index (χ3v) is 5.79. The highest BCUT2D eigenvalue weighted by Gasteiger charge is 2.19. The molecule has 0 radical (unpaired) electrons. The summed E-state index contributed by atoms with van der Waals surface area (Å²) in [5.74, 6) is -0.415. The quantitative estimate of drug-likeness (QED) is 0.329. The number of carbonyl (C=O) groups is 2. The molecule has 1 heterocycles. The zero-order valence-corrected chi connectivity index (χ0v) is 20.8. The summed E-state index contributed by atoms with van der Waals surface area (Å²) in [4.78, 5) is 41.6. The molecule has 0 fully saturated rings. The number of unbranched alkanes of at least 4 members (excludes halogenated alkanes) is 3. The van der Waals surface area contributed by atoms with Crippen LogP contribution in [0, 0.1) is 0 Å². The van der Waals surface area contributed by atoms with E-state index in [1.165, 1.54) is 10.6 Å². The molecule has 0 aliphatic carbocycles. The number of hydrogen-bond acceptors (Lipinski definition) is 5. The van der Waals surface area contributed by atoms with Crippen LogP contribution >= 0.6 is 0 Å². The number of nitrogens with one attached hydrogen (secondary N) is 1. The van der Waals surface area contributed by atoms with E-state index in [1.807, 2.05) is 37.3 Å². The minimum absolute atomic E-state index is 0.165. The Morgan fingerprint density at radius 1 is 1.03 bits per heavy atom. The van der Waals surface area contributed by atoms with Crippen molar-refractivity contribution in [1.82, 2.24) is 9.55 Å². The molecule has 36 heavy (non-hydrogen) atoms. The number of rotatable bonds is 13. The maximum absolute atomic E-state index is 12.8. The van der Waals surface area contributed by atoms with E-state index >= 15 is 0 Å². The molecule has 3 aromatic rings. The Morgan fingerprint density at radius 2 is 1.75 bits per heavy atom. The van der Waals surface area contributed by atoms with Crippen LogP contribution in [-0.4, -0.2) is 32.6 Å². The summed E-state index contributed by atoms with van der Waals surface area (Å²) >= 11 is 0. The van der Waals surface area contributed by atoms with Crippen molar-refractivity contribution in [3.63, 3.8) is 0 Å². The fourth-order valence-electron chi connectivity index (χ4n) is 3.86. The molecule has 1 unspecified atom stereocenters. The summed E-state index contributed by atoms with van der Waals surface area (Å²) in [6, 6.07) is 17.4. The molecule has 0 aliphatic heterocycles. The third-order valence-electron chi connectivity index (χ3n) is 5.79. The Labute approximate surface area is 211 Å². The highest BCUT2D eigenvalue weighted by molar-refractivity contribution is 5.90. The minimum atomic E-state index is -0.993. The second-order valence-electron chi connectivity index (χ2n) is 8.57. The van der Waals surface area contributed by atoms with Gasteiger partial charge in [0.15, 0.2) is 6.10 Å². The topological polar surface area (TPSA) is 111 Å². The van der Waals surface area contributed by atoms with Gasteiger partial charge in [0, 0.05) is 23.7 Å². The Balaban J connectivity index is 1.63. The van der Waals surface area contributed by atoms with Crippen LogP contribution in [0.25, 0.3) is 11.3 Å². The number of anilines is 1. The van der Waals surface area contributed by atoms with Crippen LogP contribution in [0.3, 0.4) is 0 Å². The number of ether oxygens (including phenoxy) is 1. The van der Waals surface area contributed by atoms with Crippen molar-refractivity contribution >= 4 is 17.6 Å². The van der Waals surface area contributed by atoms with Crippen LogP contribution < -0.4 is 15.6 Å². The van der Waals surface area contributed by atoms with Gasteiger partial charge < -0.3 is 15.2 Å². The first-order valence-corrected chi connectivity index (χ1v) is 12.4. The first-order chi connectivity index (χ1) is 17.4. The van der Waals surface area contributed by atoms with E-state index in [1.54, 1.807) is 24.3 Å². The lowest BCUT2D eigenvalue weighted by Crippen LogP contribution is -2.30. The van der Waals surface area contributed by atoms with Crippen molar-refractivity contribution in [2.75, 3.05) is 5.32 Å². The maximum atomic E-state index is 12.8. The van der Waals surface area contributed by atoms with Gasteiger partial charge >= 0.3 is 5.97 Å². The number of aliphatic carboxylic acids is 1. The Kier molecular flexibility index (Phi) is 9.80. The van der Waals surface area contributed by atoms with Crippen LogP contribution in [0.4, 0.5) is 5.69 Å². The molecule has 1 atom stereocenters. The van der Waals surface area contributed by atoms with Gasteiger partial charge in [-0.3, -0.25) is 14.2 Å². The molecule has 0 spiro atoms. The Morgan fingerprint density at radius 3 is 2.39 bits per heavy atom. The van der Waals surface area contributed by atoms with E-state index < -0.39 is 12.1 Å². The molecule has 2 N–H and O–H groups in total. The first-order valence-electron chi connectivity index (χ1n) is 12.4. The SMILES string of the molecule is CCCCCCC(Oc1ccc(NC(=O)Cn2c(CC)nc(-c3ccccc3)cc2=O)cc1)C(=O)O. The molecule has 190 valence electrons. The number of carboxylic acids is 1. The minimum Gasteiger partial charge on any atom is -0.479 e. The van der Waals surface area contributed by atoms with E-state index in [4.69, 9.17) is 4.74 Å². The summed E-state index contributed by atoms with van der Waals surface area (Å²) in [7, 11) is 0. The zero-order valence-electron chi connectivity index (χ0n) is 20.8. The molecule has 8 nitrogen and oxygen atoms in total. The average Bonchev–Trinajstić information content (AvgIpc) is 2.88. The van der Waals surface area contributed by atoms with Gasteiger partial charge in [0.2, 0.25) is 5.91 Å². The molecule has 1 amide bonds. The van der Waals surface area contributed by atoms with Crippen LogP contribution in [0.5, 0.6) is 5.75 Å². The van der Waals surface area contributed by atoms with E-state index in [2.05, 4.69) is 17.2 Å². The van der Waals surface area contributed by atoms with Crippen molar-refractivity contribution in [1.29, 1.82) is 0 Å². The lowest BCUT2D eigenvalue weighted by molar-refractivity contribution is -0.145. The number of nitrogens with zero attached hydrogens (tertiary/aromatic N) is 2. The van der Waals surface area contributed by atoms with E-state index in [9.17, 15) is 19.5 Å². The summed E-state index contributed by atoms with van der Waals surface area (Å²) in [5.41, 5.74) is 1.64. The molecule has 1 aromatic heterocycles. The van der Waals surface area contributed by atoms with Crippen LogP contribution in [0.15, 0.2) is 65.5 Å². The van der Waals surface area contributed by atoms with Crippen molar-refractivity contribution in [2.24, 2.45) is 0 Å². The number of hydrogen-bond donors (Lipinski definition) is 2. The fraction of sp³-hybridized carbons (Fsp3) is 0.357. The Hall–Kier alpha value is -3.94. The van der Waals surface area contributed by atoms with Gasteiger partial charge in [-0.25, -0.2) is 9.78 Å². The maximum Gasteiger partial charge on any atom is 0.344 e. The van der Waals surface area contributed by atoms with Gasteiger partial charge in [0.05, 0.1) is 5.69 Å². The van der Waals surface area contributed by atoms with Crippen molar-refractivity contribution in [3.8, 4) is 17.0 Å². The number of benzene rings is 2. The second-order valence-corrected chi connectivity index (χ2v) is 8.57. The van der Waals surface area contributed by atoms with Crippen LogP contribution in [-0.2, 0) is 22.6 Å². The largest absolute Gasteiger partial charge is 0.479 e. The Bertz CT molecular complexity index is 1210. The van der Waals surface area contributed by atoms with Gasteiger partial charge in [0.1, 0.15) is 18.1 Å². The molecule has 0 saturated heterocycles. The third kappa shape index (κ3) is 7.53. The monoisotopic (exact) mass is 491 g/mol. The lowest BCUT2D eigenvalue weighted by atomic mass is 10.1. The predicted octanol–water partition coefficient (Wildman–Crippen LogP) is 4.91. The van der Waals surface area contributed by atoms with Crippen LogP contribution in [0.2, 0.25) is 0 Å². The molecule has 0 bridgehead atoms. The molecule has 0 aliphatic rings. The molecular weight excluding hydrogens is 458 g/mol. The highest BCUT2D eigenvalue weighted by Crippen LogP contribution is 2.20. The predicted molar refractivity (Wildman–Crippen MR) is 139 cm³/mol. The fourth-order valence-corrected chi connectivity index (χ4v) is 3.86. The van der Waals surface area contributed by atoms with E-state index in [0.717, 1.165) is 31.2 Å². The van der Waals surface area contributed by atoms with Crippen molar-refractivity contribution in [2.45, 2.75) is 65.0 Å². The van der Waals surface area contributed by atoms with Gasteiger partial charge in [-0.2, -0.15) is 0 Å². The molecule has 3 rings (SSSR count). The smallest absolute Gasteiger partial charge is 0.344 e. The lowest BCUT2D eigenvalue weighted by Gasteiger charge is -2.16. The average molecular weight is 492 g/mol. The number of carboxylic acid groups (broad SMARTS) is 1. The van der Waals surface area contributed by atoms with Gasteiger partial charge in [-0.1, -0.05) is 63.4 Å². The van der Waals surface area contributed by atoms with E-state index in [0.29, 0.717) is 35.8 Å². The number of aromatic nitrogens is 2. The molecule has 8 heteroatoms. The normalized spacial score (nSPS) is 11.6. The van der Waals surface area contributed by atoms with Gasteiger partial charge in [-0.15, -0.1) is 0 Å². The van der Waals surface area contributed by atoms with Gasteiger partial charge in [-0.05, 0) is 37.1 Å². The van der Waals surface area contributed by atoms with Crippen molar-refractivity contribution in [3.05, 3.63) is 76.8 Å². The number of aryl methyl sites for hydroxylation is 1. The van der Waals surface area contributed by atoms with Crippen LogP contribution in [0.1, 0.15) is 51.8 Å². The number of amides is 1.